The lowest BCUT2D eigenvalue weighted by Crippen LogP contribution is -2.37. The highest BCUT2D eigenvalue weighted by Gasteiger charge is 2.22. The number of nitrogens with one attached hydrogen (secondary N) is 1. The van der Waals surface area contributed by atoms with Gasteiger partial charge in [0.25, 0.3) is 0 Å². The first-order chi connectivity index (χ1) is 11.8. The zero-order chi connectivity index (χ0) is 18.6. The van der Waals surface area contributed by atoms with Crippen molar-refractivity contribution in [2.24, 2.45) is 0 Å². The van der Waals surface area contributed by atoms with Crippen LogP contribution >= 0.6 is 11.6 Å². The van der Waals surface area contributed by atoms with E-state index in [0.29, 0.717) is 11.4 Å². The van der Waals surface area contributed by atoms with Gasteiger partial charge in [0.15, 0.2) is 0 Å². The number of para-hydroxylation sites is 1. The zero-order valence-electron chi connectivity index (χ0n) is 13.5. The Morgan fingerprint density at radius 1 is 1.20 bits per heavy atom. The summed E-state index contributed by atoms with van der Waals surface area (Å²) in [6, 6.07) is 7.75. The molecule has 0 aromatic heterocycles. The summed E-state index contributed by atoms with van der Waals surface area (Å²) in [5.41, 5.74) is -0.216. The van der Waals surface area contributed by atoms with Gasteiger partial charge in [-0.15, -0.1) is 0 Å². The molecule has 2 aromatic carbocycles. The standard InChI is InChI=1S/C17H15ClF2N2O3/c1-10(23)22(17-13(19)4-3-5-14(17)20)9-16(24)21-11-6-7-15(25-2)12(18)8-11/h3-8H,9H2,1-2H3,(H,21,24). The van der Waals surface area contributed by atoms with Crippen LogP contribution in [0.3, 0.4) is 0 Å². The predicted molar refractivity (Wildman–Crippen MR) is 91.0 cm³/mol. The molecule has 8 heteroatoms. The molecule has 2 amide bonds. The first kappa shape index (κ1) is 18.7. The van der Waals surface area contributed by atoms with Gasteiger partial charge >= 0.3 is 0 Å². The summed E-state index contributed by atoms with van der Waals surface area (Å²) in [5.74, 6) is -2.75. The first-order valence-electron chi connectivity index (χ1n) is 7.19. The van der Waals surface area contributed by atoms with Crippen molar-refractivity contribution in [3.8, 4) is 5.75 Å². The molecule has 0 unspecified atom stereocenters. The third-order valence-corrected chi connectivity index (χ3v) is 3.62. The van der Waals surface area contributed by atoms with Crippen LogP contribution in [0.25, 0.3) is 0 Å². The third kappa shape index (κ3) is 4.45. The van der Waals surface area contributed by atoms with E-state index in [4.69, 9.17) is 16.3 Å². The van der Waals surface area contributed by atoms with Gasteiger partial charge in [0.05, 0.1) is 12.1 Å². The van der Waals surface area contributed by atoms with Crippen LogP contribution in [-0.4, -0.2) is 25.5 Å². The Morgan fingerprint density at radius 3 is 2.36 bits per heavy atom. The Kier molecular flexibility index (Phi) is 5.93. The van der Waals surface area contributed by atoms with Gasteiger partial charge in [-0.3, -0.25) is 14.5 Å². The van der Waals surface area contributed by atoms with Crippen molar-refractivity contribution in [1.29, 1.82) is 0 Å². The summed E-state index contributed by atoms with van der Waals surface area (Å²) >= 11 is 5.97. The normalized spacial score (nSPS) is 10.3. The zero-order valence-corrected chi connectivity index (χ0v) is 14.2. The van der Waals surface area contributed by atoms with Crippen LogP contribution in [-0.2, 0) is 9.59 Å². The average molecular weight is 369 g/mol. The second kappa shape index (κ2) is 7.94. The monoisotopic (exact) mass is 368 g/mol. The number of rotatable bonds is 5. The van der Waals surface area contributed by atoms with Crippen molar-refractivity contribution in [2.45, 2.75) is 6.92 Å². The maximum atomic E-state index is 13.9. The second-order valence-corrected chi connectivity index (χ2v) is 5.48. The molecule has 0 fully saturated rings. The topological polar surface area (TPSA) is 58.6 Å². The lowest BCUT2D eigenvalue weighted by molar-refractivity contribution is -0.120. The predicted octanol–water partition coefficient (Wildman–Crippen LogP) is 3.62. The number of halogens is 3. The maximum Gasteiger partial charge on any atom is 0.244 e. The van der Waals surface area contributed by atoms with Crippen LogP contribution in [0.2, 0.25) is 5.02 Å². The Labute approximate surface area is 148 Å². The highest BCUT2D eigenvalue weighted by atomic mass is 35.5. The van der Waals surface area contributed by atoms with E-state index >= 15 is 0 Å². The molecular weight excluding hydrogens is 354 g/mol. The van der Waals surface area contributed by atoms with Crippen LogP contribution in [0, 0.1) is 11.6 Å². The SMILES string of the molecule is COc1ccc(NC(=O)CN(C(C)=O)c2c(F)cccc2F)cc1Cl. The molecule has 2 aromatic rings. The molecule has 0 atom stereocenters. The van der Waals surface area contributed by atoms with E-state index in [-0.39, 0.29) is 5.02 Å². The average Bonchev–Trinajstić information content (AvgIpc) is 2.53. The van der Waals surface area contributed by atoms with Crippen LogP contribution in [0.4, 0.5) is 20.2 Å². The number of benzene rings is 2. The first-order valence-corrected chi connectivity index (χ1v) is 7.56. The number of hydrogen-bond acceptors (Lipinski definition) is 3. The van der Waals surface area contributed by atoms with E-state index in [1.165, 1.54) is 19.2 Å². The number of hydrogen-bond donors (Lipinski definition) is 1. The number of amides is 2. The van der Waals surface area contributed by atoms with Crippen LogP contribution < -0.4 is 15.0 Å². The number of anilines is 2. The Hall–Kier alpha value is -2.67. The minimum absolute atomic E-state index is 0.281. The van der Waals surface area contributed by atoms with E-state index in [2.05, 4.69) is 5.32 Å². The van der Waals surface area contributed by atoms with E-state index in [1.807, 2.05) is 0 Å². The number of ether oxygens (including phenoxy) is 1. The fraction of sp³-hybridized carbons (Fsp3) is 0.176. The van der Waals surface area contributed by atoms with Crippen LogP contribution in [0.1, 0.15) is 6.92 Å². The van der Waals surface area contributed by atoms with Crippen LogP contribution in [0.15, 0.2) is 36.4 Å². The molecule has 1 N–H and O–H groups in total. The highest BCUT2D eigenvalue weighted by molar-refractivity contribution is 6.32. The van der Waals surface area contributed by atoms with E-state index in [1.54, 1.807) is 12.1 Å². The lowest BCUT2D eigenvalue weighted by Gasteiger charge is -2.21. The van der Waals surface area contributed by atoms with Crippen molar-refractivity contribution < 1.29 is 23.1 Å². The summed E-state index contributed by atoms with van der Waals surface area (Å²) in [6.45, 7) is 0.556. The Bertz CT molecular complexity index is 794. The van der Waals surface area contributed by atoms with Crippen molar-refractivity contribution in [2.75, 3.05) is 23.9 Å². The van der Waals surface area contributed by atoms with E-state index < -0.39 is 35.7 Å². The van der Waals surface area contributed by atoms with Gasteiger partial charge in [0.2, 0.25) is 11.8 Å². The summed E-state index contributed by atoms with van der Waals surface area (Å²) in [4.78, 5) is 24.6. The fourth-order valence-corrected chi connectivity index (χ4v) is 2.44. The van der Waals surface area contributed by atoms with E-state index in [9.17, 15) is 18.4 Å². The molecule has 0 spiro atoms. The maximum absolute atomic E-state index is 13.9. The second-order valence-electron chi connectivity index (χ2n) is 5.07. The molecule has 0 aliphatic rings. The van der Waals surface area contributed by atoms with E-state index in [0.717, 1.165) is 24.0 Å². The summed E-state index contributed by atoms with van der Waals surface area (Å²) in [5, 5.41) is 2.79. The number of nitrogens with zero attached hydrogens (tertiary/aromatic N) is 1. The molecule has 0 aliphatic heterocycles. The summed E-state index contributed by atoms with van der Waals surface area (Å²) < 4.78 is 32.8. The largest absolute Gasteiger partial charge is 0.495 e. The van der Waals surface area contributed by atoms with Gasteiger partial charge < -0.3 is 10.1 Å². The van der Waals surface area contributed by atoms with Gasteiger partial charge in [-0.1, -0.05) is 17.7 Å². The summed E-state index contributed by atoms with van der Waals surface area (Å²) in [7, 11) is 1.45. The molecule has 0 heterocycles. The quantitative estimate of drug-likeness (QED) is 0.877. The Balaban J connectivity index is 2.19. The molecular formula is C17H15ClF2N2O3. The minimum atomic E-state index is -0.935. The van der Waals surface area contributed by atoms with Gasteiger partial charge in [-0.05, 0) is 30.3 Å². The van der Waals surface area contributed by atoms with Crippen molar-refractivity contribution in [1.82, 2.24) is 0 Å². The molecule has 0 bridgehead atoms. The number of carbonyl (C=O) groups is 2. The van der Waals surface area contributed by atoms with Crippen molar-refractivity contribution in [3.05, 3.63) is 53.1 Å². The summed E-state index contributed by atoms with van der Waals surface area (Å²) in [6.07, 6.45) is 0. The molecule has 0 radical (unpaired) electrons. The smallest absolute Gasteiger partial charge is 0.244 e. The van der Waals surface area contributed by atoms with Gasteiger partial charge in [-0.2, -0.15) is 0 Å². The molecule has 2 rings (SSSR count). The number of methoxy groups -OCH3 is 1. The molecule has 0 aliphatic carbocycles. The highest BCUT2D eigenvalue weighted by Crippen LogP contribution is 2.27. The molecule has 5 nitrogen and oxygen atoms in total. The van der Waals surface area contributed by atoms with Gasteiger partial charge in [0, 0.05) is 12.6 Å². The number of carbonyl (C=O) groups excluding carboxylic acids is 2. The lowest BCUT2D eigenvalue weighted by atomic mass is 10.2. The van der Waals surface area contributed by atoms with Crippen molar-refractivity contribution in [3.63, 3.8) is 0 Å². The minimum Gasteiger partial charge on any atom is -0.495 e. The van der Waals surface area contributed by atoms with Gasteiger partial charge in [0.1, 0.15) is 29.6 Å². The van der Waals surface area contributed by atoms with Gasteiger partial charge in [-0.25, -0.2) is 8.78 Å². The molecule has 132 valence electrons. The molecule has 0 saturated carbocycles. The Morgan fingerprint density at radius 2 is 1.84 bits per heavy atom. The molecule has 0 saturated heterocycles. The van der Waals surface area contributed by atoms with Crippen molar-refractivity contribution >= 4 is 34.8 Å². The van der Waals surface area contributed by atoms with Crippen LogP contribution in [0.5, 0.6) is 5.75 Å². The fourth-order valence-electron chi connectivity index (χ4n) is 2.18. The molecule has 25 heavy (non-hydrogen) atoms. The third-order valence-electron chi connectivity index (χ3n) is 3.32.